The lowest BCUT2D eigenvalue weighted by molar-refractivity contribution is -0.251. The number of esters is 1. The number of nitrogens with zero attached hydrogens (tertiary/aromatic N) is 1. The van der Waals surface area contributed by atoms with E-state index in [2.05, 4.69) is 13.8 Å². The van der Waals surface area contributed by atoms with Crippen LogP contribution in [-0.2, 0) is 9.94 Å². The lowest BCUT2D eigenvalue weighted by Gasteiger charge is -2.44. The van der Waals surface area contributed by atoms with Crippen LogP contribution in [0.3, 0.4) is 0 Å². The Hall–Kier alpha value is -1.07. The van der Waals surface area contributed by atoms with E-state index in [1.54, 1.807) is 12.1 Å². The fraction of sp³-hybridized carbons (Fsp3) is 0.550. The quantitative estimate of drug-likeness (QED) is 0.592. The largest absolute Gasteiger partial charge is 0.427 e. The van der Waals surface area contributed by atoms with E-state index in [-0.39, 0.29) is 5.41 Å². The predicted octanol–water partition coefficient (Wildman–Crippen LogP) is 5.81. The average Bonchev–Trinajstić information content (AvgIpc) is 2.69. The van der Waals surface area contributed by atoms with Gasteiger partial charge in [0.25, 0.3) is 0 Å². The molecule has 3 rings (SSSR count). The van der Waals surface area contributed by atoms with Crippen molar-refractivity contribution in [1.82, 2.24) is 5.06 Å². The number of rotatable bonds is 2. The van der Waals surface area contributed by atoms with Crippen LogP contribution in [0, 0.1) is 5.41 Å². The van der Waals surface area contributed by atoms with Crippen molar-refractivity contribution < 1.29 is 14.7 Å². The number of hydrogen-bond donors (Lipinski definition) is 0. The van der Waals surface area contributed by atoms with Gasteiger partial charge in [0.2, 0.25) is 0 Å². The molecule has 0 aromatic heterocycles. The molecule has 2 aliphatic rings. The summed E-state index contributed by atoms with van der Waals surface area (Å²) in [6, 6.07) is 4.67. The molecule has 26 heavy (non-hydrogen) atoms. The molecule has 1 atom stereocenters. The van der Waals surface area contributed by atoms with Crippen molar-refractivity contribution >= 4 is 29.2 Å². The minimum Gasteiger partial charge on any atom is -0.427 e. The Kier molecular flexibility index (Phi) is 4.72. The van der Waals surface area contributed by atoms with Gasteiger partial charge in [0, 0.05) is 12.0 Å². The summed E-state index contributed by atoms with van der Waals surface area (Å²) < 4.78 is 5.80. The smallest absolute Gasteiger partial charge is 0.343 e. The van der Waals surface area contributed by atoms with Crippen LogP contribution >= 0.6 is 23.2 Å². The third-order valence-electron chi connectivity index (χ3n) is 5.43. The summed E-state index contributed by atoms with van der Waals surface area (Å²) in [5.41, 5.74) is -0.0437. The number of carbonyl (C=O) groups is 1. The number of allylic oxidation sites excluding steroid dienone is 1. The number of benzene rings is 1. The first-order valence-electron chi connectivity index (χ1n) is 8.73. The monoisotopic (exact) mass is 396 g/mol. The Labute approximate surface area is 164 Å². The van der Waals surface area contributed by atoms with E-state index in [9.17, 15) is 10.0 Å². The third kappa shape index (κ3) is 3.29. The molecule has 0 N–H and O–H groups in total. The topological polar surface area (TPSA) is 49.4 Å². The highest BCUT2D eigenvalue weighted by Gasteiger charge is 2.57. The molecule has 141 valence electrons. The van der Waals surface area contributed by atoms with Gasteiger partial charge in [-0.25, -0.2) is 4.79 Å². The molecular formula is C20H24Cl2NO3. The molecule has 1 aliphatic carbocycles. The molecule has 1 aromatic carbocycles. The van der Waals surface area contributed by atoms with Gasteiger partial charge in [-0.1, -0.05) is 37.0 Å². The fourth-order valence-corrected chi connectivity index (χ4v) is 4.79. The lowest BCUT2D eigenvalue weighted by Crippen LogP contribution is -2.50. The standard InChI is InChI=1S/C20H24Cl2NO3/c1-18(2)10-16(13-9-19(3,4)23(25)20(13,5)11-18)26-17(24)12-6-7-14(21)15(22)8-12/h6-8H,9-11H2,1-5H3. The van der Waals surface area contributed by atoms with Crippen LogP contribution in [0.4, 0.5) is 0 Å². The molecule has 0 bridgehead atoms. The number of ether oxygens (including phenoxy) is 1. The van der Waals surface area contributed by atoms with E-state index in [4.69, 9.17) is 27.9 Å². The van der Waals surface area contributed by atoms with Crippen molar-refractivity contribution in [3.05, 3.63) is 45.1 Å². The van der Waals surface area contributed by atoms with E-state index >= 15 is 0 Å². The van der Waals surface area contributed by atoms with Gasteiger partial charge >= 0.3 is 5.97 Å². The maximum absolute atomic E-state index is 13.0. The van der Waals surface area contributed by atoms with E-state index in [0.717, 1.165) is 12.0 Å². The van der Waals surface area contributed by atoms with Crippen molar-refractivity contribution in [2.45, 2.75) is 65.0 Å². The first-order chi connectivity index (χ1) is 11.9. The number of fused-ring (bicyclic) bond motifs is 1. The summed E-state index contributed by atoms with van der Waals surface area (Å²) >= 11 is 11.9. The Morgan fingerprint density at radius 2 is 1.73 bits per heavy atom. The van der Waals surface area contributed by atoms with Gasteiger partial charge in [0.1, 0.15) is 5.76 Å². The summed E-state index contributed by atoms with van der Waals surface area (Å²) in [5, 5.41) is 14.8. The Morgan fingerprint density at radius 3 is 2.35 bits per heavy atom. The predicted molar refractivity (Wildman–Crippen MR) is 102 cm³/mol. The molecule has 1 aromatic rings. The SMILES string of the molecule is CC1(C)CC(OC(=O)c2ccc(Cl)c(Cl)c2)=C2CC(C)(C)N([O])C2(C)C1. The van der Waals surface area contributed by atoms with E-state index < -0.39 is 17.0 Å². The van der Waals surface area contributed by atoms with Gasteiger partial charge in [-0.15, -0.1) is 10.3 Å². The van der Waals surface area contributed by atoms with Crippen molar-refractivity contribution in [3.63, 3.8) is 0 Å². The molecule has 0 spiro atoms. The molecule has 1 fully saturated rings. The van der Waals surface area contributed by atoms with Crippen LogP contribution in [0.2, 0.25) is 10.0 Å². The van der Waals surface area contributed by atoms with Crippen LogP contribution in [-0.4, -0.2) is 22.1 Å². The minimum atomic E-state index is -0.654. The van der Waals surface area contributed by atoms with Gasteiger partial charge in [-0.2, -0.15) is 0 Å². The van der Waals surface area contributed by atoms with Gasteiger partial charge in [-0.3, -0.25) is 0 Å². The molecule has 1 radical (unpaired) electrons. The summed E-state index contributed by atoms with van der Waals surface area (Å²) in [6.07, 6.45) is 1.94. The average molecular weight is 397 g/mol. The maximum Gasteiger partial charge on any atom is 0.343 e. The van der Waals surface area contributed by atoms with Crippen LogP contribution < -0.4 is 0 Å². The third-order valence-corrected chi connectivity index (χ3v) is 6.17. The first-order valence-corrected chi connectivity index (χ1v) is 9.49. The van der Waals surface area contributed by atoms with Crippen LogP contribution in [0.5, 0.6) is 0 Å². The molecule has 6 heteroatoms. The van der Waals surface area contributed by atoms with Crippen LogP contribution in [0.25, 0.3) is 0 Å². The molecule has 1 aliphatic heterocycles. The van der Waals surface area contributed by atoms with Gasteiger partial charge in [-0.05, 0) is 62.8 Å². The molecule has 1 unspecified atom stereocenters. The molecule has 1 saturated heterocycles. The van der Waals surface area contributed by atoms with Crippen molar-refractivity contribution in [2.75, 3.05) is 0 Å². The Morgan fingerprint density at radius 1 is 1.08 bits per heavy atom. The Bertz CT molecular complexity index is 800. The number of halogens is 2. The van der Waals surface area contributed by atoms with Crippen molar-refractivity contribution in [3.8, 4) is 0 Å². The van der Waals surface area contributed by atoms with Gasteiger partial charge in [0.15, 0.2) is 0 Å². The molecule has 0 saturated carbocycles. The first kappa shape index (κ1) is 19.7. The minimum absolute atomic E-state index is 0.144. The summed E-state index contributed by atoms with van der Waals surface area (Å²) in [7, 11) is 0. The number of hydrogen-bond acceptors (Lipinski definition) is 3. The second kappa shape index (κ2) is 6.23. The Balaban J connectivity index is 1.99. The maximum atomic E-state index is 13.0. The molecule has 0 amide bonds. The van der Waals surface area contributed by atoms with Crippen molar-refractivity contribution in [2.24, 2.45) is 5.41 Å². The van der Waals surface area contributed by atoms with E-state index in [1.807, 2.05) is 20.8 Å². The number of hydroxylamine groups is 2. The highest BCUT2D eigenvalue weighted by atomic mass is 35.5. The molecular weight excluding hydrogens is 373 g/mol. The highest BCUT2D eigenvalue weighted by Crippen LogP contribution is 2.55. The molecule has 1 heterocycles. The van der Waals surface area contributed by atoms with E-state index in [1.165, 1.54) is 11.1 Å². The fourth-order valence-electron chi connectivity index (χ4n) is 4.49. The second-order valence-corrected chi connectivity index (χ2v) is 9.81. The van der Waals surface area contributed by atoms with Crippen LogP contribution in [0.1, 0.15) is 64.2 Å². The lowest BCUT2D eigenvalue weighted by atomic mass is 9.68. The summed E-state index contributed by atoms with van der Waals surface area (Å²) in [4.78, 5) is 12.7. The van der Waals surface area contributed by atoms with Gasteiger partial charge in [0.05, 0.1) is 21.1 Å². The summed E-state index contributed by atoms with van der Waals surface area (Å²) in [6.45, 7) is 10.0. The number of carbonyl (C=O) groups excluding carboxylic acids is 1. The summed E-state index contributed by atoms with van der Waals surface area (Å²) in [5.74, 6) is 0.138. The zero-order chi connectivity index (χ0) is 19.5. The zero-order valence-corrected chi connectivity index (χ0v) is 17.3. The van der Waals surface area contributed by atoms with Gasteiger partial charge < -0.3 is 4.74 Å². The zero-order valence-electron chi connectivity index (χ0n) is 15.8. The second-order valence-electron chi connectivity index (χ2n) is 9.00. The molecule has 4 nitrogen and oxygen atoms in total. The normalized spacial score (nSPS) is 27.4. The highest BCUT2D eigenvalue weighted by molar-refractivity contribution is 6.42. The van der Waals surface area contributed by atoms with Crippen molar-refractivity contribution in [1.29, 1.82) is 0 Å². The van der Waals surface area contributed by atoms with E-state index in [0.29, 0.717) is 34.2 Å². The van der Waals surface area contributed by atoms with Crippen LogP contribution in [0.15, 0.2) is 29.5 Å².